The third kappa shape index (κ3) is 3.96. The quantitative estimate of drug-likeness (QED) is 0.779. The summed E-state index contributed by atoms with van der Waals surface area (Å²) in [7, 11) is 0. The Morgan fingerprint density at radius 1 is 1.00 bits per heavy atom. The fourth-order valence-electron chi connectivity index (χ4n) is 2.95. The van der Waals surface area contributed by atoms with Gasteiger partial charge < -0.3 is 15.8 Å². The number of hydrogen-bond acceptors (Lipinski definition) is 3. The van der Waals surface area contributed by atoms with E-state index in [0.717, 1.165) is 51.7 Å². The fourth-order valence-corrected chi connectivity index (χ4v) is 2.95. The molecular weight excluding hydrogens is 216 g/mol. The molecule has 1 atom stereocenters. The zero-order valence-corrected chi connectivity index (χ0v) is 10.5. The topological polar surface area (TPSA) is 64.4 Å². The van der Waals surface area contributed by atoms with Crippen LogP contribution in [0, 0.1) is 5.92 Å². The minimum Gasteiger partial charge on any atom is -0.381 e. The average Bonchev–Trinajstić information content (AvgIpc) is 2.58. The SMILES string of the molecule is NC(=O)C1CCC(NC2CCCOCC2)CC1. The molecule has 4 heteroatoms. The molecule has 2 fully saturated rings. The van der Waals surface area contributed by atoms with E-state index < -0.39 is 0 Å². The highest BCUT2D eigenvalue weighted by Crippen LogP contribution is 2.25. The van der Waals surface area contributed by atoms with Gasteiger partial charge in [-0.3, -0.25) is 4.79 Å². The summed E-state index contributed by atoms with van der Waals surface area (Å²) in [4.78, 5) is 11.1. The predicted octanol–water partition coefficient (Wildman–Crippen LogP) is 1.19. The van der Waals surface area contributed by atoms with E-state index in [1.807, 2.05) is 0 Å². The highest BCUT2D eigenvalue weighted by atomic mass is 16.5. The van der Waals surface area contributed by atoms with Crippen LogP contribution in [0.5, 0.6) is 0 Å². The molecule has 4 nitrogen and oxygen atoms in total. The summed E-state index contributed by atoms with van der Waals surface area (Å²) in [5, 5.41) is 3.73. The van der Waals surface area contributed by atoms with Crippen molar-refractivity contribution in [1.29, 1.82) is 0 Å². The molecule has 0 bridgehead atoms. The van der Waals surface area contributed by atoms with E-state index in [2.05, 4.69) is 5.32 Å². The van der Waals surface area contributed by atoms with Gasteiger partial charge >= 0.3 is 0 Å². The maximum Gasteiger partial charge on any atom is 0.220 e. The van der Waals surface area contributed by atoms with Crippen LogP contribution in [-0.2, 0) is 9.53 Å². The minimum absolute atomic E-state index is 0.116. The van der Waals surface area contributed by atoms with Crippen molar-refractivity contribution < 1.29 is 9.53 Å². The molecule has 1 saturated heterocycles. The molecular formula is C13H24N2O2. The zero-order valence-electron chi connectivity index (χ0n) is 10.5. The van der Waals surface area contributed by atoms with Gasteiger partial charge in [0.05, 0.1) is 0 Å². The summed E-state index contributed by atoms with van der Waals surface area (Å²) in [6, 6.07) is 1.18. The van der Waals surface area contributed by atoms with Crippen molar-refractivity contribution in [3.8, 4) is 0 Å². The minimum atomic E-state index is -0.119. The average molecular weight is 240 g/mol. The highest BCUT2D eigenvalue weighted by Gasteiger charge is 2.26. The van der Waals surface area contributed by atoms with E-state index in [9.17, 15) is 4.79 Å². The summed E-state index contributed by atoms with van der Waals surface area (Å²) < 4.78 is 5.46. The number of nitrogens with two attached hydrogens (primary N) is 1. The van der Waals surface area contributed by atoms with Gasteiger partial charge in [0.1, 0.15) is 0 Å². The van der Waals surface area contributed by atoms with Crippen LogP contribution < -0.4 is 11.1 Å². The molecule has 0 aromatic heterocycles. The van der Waals surface area contributed by atoms with Gasteiger partial charge in [0.2, 0.25) is 5.91 Å². The van der Waals surface area contributed by atoms with Crippen LogP contribution in [0.25, 0.3) is 0 Å². The van der Waals surface area contributed by atoms with E-state index >= 15 is 0 Å². The summed E-state index contributed by atoms with van der Waals surface area (Å²) >= 11 is 0. The molecule has 1 aliphatic carbocycles. The second-order valence-corrected chi connectivity index (χ2v) is 5.36. The van der Waals surface area contributed by atoms with Crippen LogP contribution in [0.4, 0.5) is 0 Å². The highest BCUT2D eigenvalue weighted by molar-refractivity contribution is 5.76. The smallest absolute Gasteiger partial charge is 0.220 e. The third-order valence-electron chi connectivity index (χ3n) is 4.05. The number of nitrogens with one attached hydrogen (secondary N) is 1. The van der Waals surface area contributed by atoms with Gasteiger partial charge in [0.15, 0.2) is 0 Å². The van der Waals surface area contributed by atoms with Gasteiger partial charge in [-0.05, 0) is 44.9 Å². The molecule has 1 saturated carbocycles. The van der Waals surface area contributed by atoms with Crippen LogP contribution in [0.15, 0.2) is 0 Å². The van der Waals surface area contributed by atoms with Crippen molar-refractivity contribution in [1.82, 2.24) is 5.32 Å². The number of amides is 1. The Labute approximate surface area is 103 Å². The van der Waals surface area contributed by atoms with Gasteiger partial charge in [-0.2, -0.15) is 0 Å². The number of rotatable bonds is 3. The van der Waals surface area contributed by atoms with Gasteiger partial charge in [-0.1, -0.05) is 0 Å². The monoisotopic (exact) mass is 240 g/mol. The Kier molecular flexibility index (Phi) is 4.80. The van der Waals surface area contributed by atoms with Gasteiger partial charge in [0.25, 0.3) is 0 Å². The number of ether oxygens (including phenoxy) is 1. The molecule has 1 aliphatic heterocycles. The number of carbonyl (C=O) groups excluding carboxylic acids is 1. The predicted molar refractivity (Wildman–Crippen MR) is 66.5 cm³/mol. The molecule has 17 heavy (non-hydrogen) atoms. The first-order valence-electron chi connectivity index (χ1n) is 6.89. The normalized spacial score (nSPS) is 35.2. The van der Waals surface area contributed by atoms with Gasteiger partial charge in [0, 0.05) is 31.2 Å². The van der Waals surface area contributed by atoms with Crippen molar-refractivity contribution in [2.24, 2.45) is 11.7 Å². The number of primary amides is 1. The van der Waals surface area contributed by atoms with E-state index in [4.69, 9.17) is 10.5 Å². The molecule has 3 N–H and O–H groups in total. The summed E-state index contributed by atoms with van der Waals surface area (Å²) in [6.45, 7) is 1.79. The first kappa shape index (κ1) is 12.8. The van der Waals surface area contributed by atoms with Gasteiger partial charge in [-0.25, -0.2) is 0 Å². The van der Waals surface area contributed by atoms with Crippen LogP contribution >= 0.6 is 0 Å². The molecule has 1 amide bonds. The molecule has 0 aromatic rings. The zero-order chi connectivity index (χ0) is 12.1. The Balaban J connectivity index is 1.71. The molecule has 0 radical (unpaired) electrons. The molecule has 1 unspecified atom stereocenters. The van der Waals surface area contributed by atoms with Crippen molar-refractivity contribution in [3.63, 3.8) is 0 Å². The lowest BCUT2D eigenvalue weighted by atomic mass is 9.85. The Bertz CT molecular complexity index is 242. The van der Waals surface area contributed by atoms with Crippen LogP contribution in [-0.4, -0.2) is 31.2 Å². The molecule has 2 aliphatic rings. The second kappa shape index (κ2) is 6.36. The Morgan fingerprint density at radius 2 is 1.71 bits per heavy atom. The number of carbonyl (C=O) groups is 1. The van der Waals surface area contributed by atoms with Gasteiger partial charge in [-0.15, -0.1) is 0 Å². The van der Waals surface area contributed by atoms with Crippen molar-refractivity contribution in [3.05, 3.63) is 0 Å². The first-order valence-corrected chi connectivity index (χ1v) is 6.89. The molecule has 98 valence electrons. The number of hydrogen-bond donors (Lipinski definition) is 2. The summed E-state index contributed by atoms with van der Waals surface area (Å²) in [5.41, 5.74) is 5.34. The molecule has 0 spiro atoms. The second-order valence-electron chi connectivity index (χ2n) is 5.36. The first-order chi connectivity index (χ1) is 8.25. The fraction of sp³-hybridized carbons (Fsp3) is 0.923. The van der Waals surface area contributed by atoms with Crippen molar-refractivity contribution in [2.75, 3.05) is 13.2 Å². The van der Waals surface area contributed by atoms with Crippen molar-refractivity contribution >= 4 is 5.91 Å². The third-order valence-corrected chi connectivity index (χ3v) is 4.05. The summed E-state index contributed by atoms with van der Waals surface area (Å²) in [5.74, 6) is -0.00293. The maximum absolute atomic E-state index is 11.1. The lowest BCUT2D eigenvalue weighted by Gasteiger charge is -2.30. The Hall–Kier alpha value is -0.610. The molecule has 1 heterocycles. The van der Waals surface area contributed by atoms with E-state index in [0.29, 0.717) is 12.1 Å². The van der Waals surface area contributed by atoms with E-state index in [-0.39, 0.29) is 11.8 Å². The van der Waals surface area contributed by atoms with E-state index in [1.54, 1.807) is 0 Å². The maximum atomic E-state index is 11.1. The standard InChI is InChI=1S/C13H24N2O2/c14-13(16)10-3-5-12(6-4-10)15-11-2-1-8-17-9-7-11/h10-12,15H,1-9H2,(H2,14,16). The lowest BCUT2D eigenvalue weighted by Crippen LogP contribution is -2.42. The largest absolute Gasteiger partial charge is 0.381 e. The Morgan fingerprint density at radius 3 is 2.41 bits per heavy atom. The van der Waals surface area contributed by atoms with Crippen LogP contribution in [0.3, 0.4) is 0 Å². The van der Waals surface area contributed by atoms with Crippen LogP contribution in [0.2, 0.25) is 0 Å². The van der Waals surface area contributed by atoms with E-state index in [1.165, 1.54) is 6.42 Å². The molecule has 2 rings (SSSR count). The van der Waals surface area contributed by atoms with Crippen LogP contribution in [0.1, 0.15) is 44.9 Å². The summed E-state index contributed by atoms with van der Waals surface area (Å²) in [6.07, 6.45) is 7.59. The molecule has 0 aromatic carbocycles. The van der Waals surface area contributed by atoms with Crippen molar-refractivity contribution in [2.45, 2.75) is 57.0 Å². The lowest BCUT2D eigenvalue weighted by molar-refractivity contribution is -0.122.